The first-order valence-corrected chi connectivity index (χ1v) is 6.16. The van der Waals surface area contributed by atoms with Crippen LogP contribution < -0.4 is 0 Å². The number of halogens is 3. The lowest BCUT2D eigenvalue weighted by atomic mass is 9.93. The first-order valence-electron chi connectivity index (χ1n) is 4.97. The van der Waals surface area contributed by atoms with Gasteiger partial charge in [-0.2, -0.15) is 0 Å². The Balaban J connectivity index is 2.40. The molecule has 1 atom stereocenters. The summed E-state index contributed by atoms with van der Waals surface area (Å²) in [6.07, 6.45) is 5.28. The molecular formula is C12H11Cl3. The molecule has 1 aromatic rings. The van der Waals surface area contributed by atoms with E-state index in [0.717, 1.165) is 29.8 Å². The molecule has 0 bridgehead atoms. The molecule has 0 amide bonds. The van der Waals surface area contributed by atoms with Gasteiger partial charge in [0.05, 0.1) is 5.38 Å². The summed E-state index contributed by atoms with van der Waals surface area (Å²) < 4.78 is 0. The number of hydrogen-bond donors (Lipinski definition) is 0. The SMILES string of the molecule is Clc1ccc(Cl)c(C2=CC(Cl)CCC2)c1. The van der Waals surface area contributed by atoms with Crippen LogP contribution in [0, 0.1) is 0 Å². The third kappa shape index (κ3) is 2.69. The molecule has 0 heterocycles. The van der Waals surface area contributed by atoms with E-state index in [1.807, 2.05) is 12.1 Å². The van der Waals surface area contributed by atoms with Crippen molar-refractivity contribution in [3.63, 3.8) is 0 Å². The van der Waals surface area contributed by atoms with Crippen LogP contribution >= 0.6 is 34.8 Å². The molecule has 0 spiro atoms. The summed E-state index contributed by atoms with van der Waals surface area (Å²) in [6.45, 7) is 0. The predicted molar refractivity (Wildman–Crippen MR) is 67.9 cm³/mol. The zero-order valence-corrected chi connectivity index (χ0v) is 10.4. The number of rotatable bonds is 1. The maximum atomic E-state index is 6.13. The van der Waals surface area contributed by atoms with Crippen LogP contribution in [0.15, 0.2) is 24.3 Å². The molecule has 0 aromatic heterocycles. The monoisotopic (exact) mass is 260 g/mol. The van der Waals surface area contributed by atoms with Crippen molar-refractivity contribution in [1.29, 1.82) is 0 Å². The Hall–Kier alpha value is -0.170. The highest BCUT2D eigenvalue weighted by Crippen LogP contribution is 2.34. The van der Waals surface area contributed by atoms with Gasteiger partial charge in [0.25, 0.3) is 0 Å². The van der Waals surface area contributed by atoms with Gasteiger partial charge in [0, 0.05) is 10.0 Å². The smallest absolute Gasteiger partial charge is 0.0522 e. The van der Waals surface area contributed by atoms with Crippen LogP contribution in [-0.4, -0.2) is 5.38 Å². The highest BCUT2D eigenvalue weighted by molar-refractivity contribution is 6.34. The van der Waals surface area contributed by atoms with E-state index in [1.54, 1.807) is 6.07 Å². The van der Waals surface area contributed by atoms with Crippen molar-refractivity contribution in [3.05, 3.63) is 39.9 Å². The first kappa shape index (κ1) is 11.3. The van der Waals surface area contributed by atoms with Gasteiger partial charge >= 0.3 is 0 Å². The van der Waals surface area contributed by atoms with Crippen LogP contribution in [0.25, 0.3) is 5.57 Å². The molecule has 2 rings (SSSR count). The highest BCUT2D eigenvalue weighted by atomic mass is 35.5. The molecule has 0 nitrogen and oxygen atoms in total. The number of allylic oxidation sites excluding steroid dienone is 2. The number of alkyl halides is 1. The average molecular weight is 262 g/mol. The van der Waals surface area contributed by atoms with Crippen molar-refractivity contribution in [2.75, 3.05) is 0 Å². The fourth-order valence-corrected chi connectivity index (χ4v) is 2.56. The lowest BCUT2D eigenvalue weighted by Gasteiger charge is -2.17. The molecule has 15 heavy (non-hydrogen) atoms. The van der Waals surface area contributed by atoms with Crippen molar-refractivity contribution < 1.29 is 0 Å². The van der Waals surface area contributed by atoms with E-state index >= 15 is 0 Å². The lowest BCUT2D eigenvalue weighted by Crippen LogP contribution is -2.03. The number of benzene rings is 1. The van der Waals surface area contributed by atoms with Crippen molar-refractivity contribution >= 4 is 40.4 Å². The van der Waals surface area contributed by atoms with E-state index in [0.29, 0.717) is 5.02 Å². The summed E-state index contributed by atoms with van der Waals surface area (Å²) in [5.74, 6) is 0. The Morgan fingerprint density at radius 3 is 2.73 bits per heavy atom. The Morgan fingerprint density at radius 2 is 2.00 bits per heavy atom. The second kappa shape index (κ2) is 4.78. The molecule has 0 saturated heterocycles. The van der Waals surface area contributed by atoms with E-state index in [2.05, 4.69) is 6.08 Å². The maximum absolute atomic E-state index is 6.13. The van der Waals surface area contributed by atoms with Gasteiger partial charge in [0.15, 0.2) is 0 Å². The second-order valence-electron chi connectivity index (χ2n) is 3.72. The fourth-order valence-electron chi connectivity index (χ4n) is 1.84. The summed E-state index contributed by atoms with van der Waals surface area (Å²) in [7, 11) is 0. The van der Waals surface area contributed by atoms with Gasteiger partial charge in [0.1, 0.15) is 0 Å². The molecule has 0 radical (unpaired) electrons. The minimum Gasteiger partial charge on any atom is -0.118 e. The van der Waals surface area contributed by atoms with Crippen LogP contribution in [0.5, 0.6) is 0 Å². The third-order valence-corrected chi connectivity index (χ3v) is 3.49. The molecule has 3 heteroatoms. The zero-order chi connectivity index (χ0) is 10.8. The topological polar surface area (TPSA) is 0 Å². The average Bonchev–Trinajstić information content (AvgIpc) is 2.22. The summed E-state index contributed by atoms with van der Waals surface area (Å²) in [5, 5.41) is 1.59. The molecular weight excluding hydrogens is 250 g/mol. The van der Waals surface area contributed by atoms with Crippen LogP contribution in [0.4, 0.5) is 0 Å². The third-order valence-electron chi connectivity index (χ3n) is 2.58. The summed E-state index contributed by atoms with van der Waals surface area (Å²) in [5.41, 5.74) is 2.24. The summed E-state index contributed by atoms with van der Waals surface area (Å²) in [4.78, 5) is 0. The van der Waals surface area contributed by atoms with Gasteiger partial charge in [-0.05, 0) is 48.6 Å². The molecule has 1 aromatic carbocycles. The molecule has 0 aliphatic heterocycles. The van der Waals surface area contributed by atoms with E-state index in [1.165, 1.54) is 5.57 Å². The van der Waals surface area contributed by atoms with Crippen molar-refractivity contribution in [2.24, 2.45) is 0 Å². The lowest BCUT2D eigenvalue weighted by molar-refractivity contribution is 0.747. The van der Waals surface area contributed by atoms with Gasteiger partial charge < -0.3 is 0 Å². The summed E-state index contributed by atoms with van der Waals surface area (Å²) >= 11 is 18.2. The highest BCUT2D eigenvalue weighted by Gasteiger charge is 2.14. The Kier molecular flexibility index (Phi) is 3.60. The molecule has 80 valence electrons. The van der Waals surface area contributed by atoms with Gasteiger partial charge in [-0.15, -0.1) is 11.6 Å². The molecule has 0 N–H and O–H groups in total. The van der Waals surface area contributed by atoms with Crippen molar-refractivity contribution in [2.45, 2.75) is 24.6 Å². The van der Waals surface area contributed by atoms with Gasteiger partial charge in [-0.1, -0.05) is 29.3 Å². The Bertz CT molecular complexity index is 396. The number of hydrogen-bond acceptors (Lipinski definition) is 0. The Morgan fingerprint density at radius 1 is 1.20 bits per heavy atom. The van der Waals surface area contributed by atoms with E-state index in [9.17, 15) is 0 Å². The molecule has 1 aliphatic rings. The molecule has 1 unspecified atom stereocenters. The van der Waals surface area contributed by atoms with Gasteiger partial charge in [0.2, 0.25) is 0 Å². The molecule has 1 aliphatic carbocycles. The first-order chi connectivity index (χ1) is 7.16. The van der Waals surface area contributed by atoms with Crippen molar-refractivity contribution in [1.82, 2.24) is 0 Å². The minimum absolute atomic E-state index is 0.129. The van der Waals surface area contributed by atoms with Crippen LogP contribution in [-0.2, 0) is 0 Å². The standard InChI is InChI=1S/C12H11Cl3/c13-9-3-1-2-8(6-9)11-7-10(14)4-5-12(11)15/h4-7,9H,1-3H2. The Labute approximate surface area is 105 Å². The van der Waals surface area contributed by atoms with Crippen LogP contribution in [0.1, 0.15) is 24.8 Å². The van der Waals surface area contributed by atoms with Crippen LogP contribution in [0.3, 0.4) is 0 Å². The largest absolute Gasteiger partial charge is 0.118 e. The van der Waals surface area contributed by atoms with E-state index < -0.39 is 0 Å². The van der Waals surface area contributed by atoms with Gasteiger partial charge in [-0.3, -0.25) is 0 Å². The molecule has 0 saturated carbocycles. The van der Waals surface area contributed by atoms with Crippen molar-refractivity contribution in [3.8, 4) is 0 Å². The quantitative estimate of drug-likeness (QED) is 0.612. The van der Waals surface area contributed by atoms with Gasteiger partial charge in [-0.25, -0.2) is 0 Å². The maximum Gasteiger partial charge on any atom is 0.0522 e. The molecule has 0 fully saturated rings. The van der Waals surface area contributed by atoms with E-state index in [4.69, 9.17) is 34.8 Å². The zero-order valence-electron chi connectivity index (χ0n) is 8.14. The normalized spacial score (nSPS) is 21.3. The second-order valence-corrected chi connectivity index (χ2v) is 5.13. The van der Waals surface area contributed by atoms with Crippen LogP contribution in [0.2, 0.25) is 10.0 Å². The predicted octanol–water partition coefficient (Wildman–Crippen LogP) is 5.17. The van der Waals surface area contributed by atoms with E-state index in [-0.39, 0.29) is 5.38 Å². The minimum atomic E-state index is 0.129. The summed E-state index contributed by atoms with van der Waals surface area (Å²) in [6, 6.07) is 5.54. The fraction of sp³-hybridized carbons (Fsp3) is 0.333.